The van der Waals surface area contributed by atoms with Crippen molar-refractivity contribution in [2.24, 2.45) is 0 Å². The maximum atomic E-state index is 11.7. The van der Waals surface area contributed by atoms with Gasteiger partial charge in [0.2, 0.25) is 5.89 Å². The summed E-state index contributed by atoms with van der Waals surface area (Å²) in [4.78, 5) is 19.5. The van der Waals surface area contributed by atoms with Gasteiger partial charge in [-0.15, -0.1) is 0 Å². The van der Waals surface area contributed by atoms with Crippen molar-refractivity contribution < 1.29 is 4.52 Å². The molecule has 0 aromatic carbocycles. The summed E-state index contributed by atoms with van der Waals surface area (Å²) >= 11 is 11.3. The van der Waals surface area contributed by atoms with Crippen molar-refractivity contribution >= 4 is 23.2 Å². The molecule has 0 amide bonds. The molecule has 90 valence electrons. The van der Waals surface area contributed by atoms with Gasteiger partial charge in [0.05, 0.1) is 6.33 Å². The van der Waals surface area contributed by atoms with E-state index in [9.17, 15) is 4.79 Å². The fourth-order valence-electron chi connectivity index (χ4n) is 1.20. The van der Waals surface area contributed by atoms with Crippen LogP contribution in [0.2, 0.25) is 10.2 Å². The molecule has 0 bridgehead atoms. The predicted molar refractivity (Wildman–Crippen MR) is 61.3 cm³/mol. The maximum absolute atomic E-state index is 11.7. The van der Waals surface area contributed by atoms with E-state index >= 15 is 0 Å². The van der Waals surface area contributed by atoms with E-state index in [1.165, 1.54) is 10.9 Å². The van der Waals surface area contributed by atoms with Gasteiger partial charge in [-0.3, -0.25) is 9.36 Å². The summed E-state index contributed by atoms with van der Waals surface area (Å²) in [6.07, 6.45) is 1.95. The first-order valence-corrected chi connectivity index (χ1v) is 5.59. The fraction of sp³-hybridized carbons (Fsp3) is 0.333. The highest BCUT2D eigenvalue weighted by atomic mass is 35.5. The second-order valence-corrected chi connectivity index (χ2v) is 3.98. The topological polar surface area (TPSA) is 73.8 Å². The molecule has 2 heterocycles. The fourth-order valence-corrected chi connectivity index (χ4v) is 1.48. The molecule has 0 radical (unpaired) electrons. The Morgan fingerprint density at radius 3 is 2.88 bits per heavy atom. The minimum Gasteiger partial charge on any atom is -0.337 e. The van der Waals surface area contributed by atoms with Gasteiger partial charge in [0.1, 0.15) is 11.6 Å². The minimum atomic E-state index is -0.442. The van der Waals surface area contributed by atoms with Crippen LogP contribution in [0.4, 0.5) is 0 Å². The Bertz CT molecular complexity index is 593. The summed E-state index contributed by atoms with van der Waals surface area (Å²) in [5, 5.41) is 3.58. The first kappa shape index (κ1) is 12.1. The quantitative estimate of drug-likeness (QED) is 0.794. The van der Waals surface area contributed by atoms with Crippen LogP contribution >= 0.6 is 23.2 Å². The third-order valence-corrected chi connectivity index (χ3v) is 2.80. The van der Waals surface area contributed by atoms with E-state index in [-0.39, 0.29) is 16.7 Å². The second kappa shape index (κ2) is 4.85. The van der Waals surface area contributed by atoms with Gasteiger partial charge in [-0.25, -0.2) is 4.98 Å². The van der Waals surface area contributed by atoms with Gasteiger partial charge in [-0.2, -0.15) is 4.98 Å². The number of aryl methyl sites for hydroxylation is 1. The maximum Gasteiger partial charge on any atom is 0.274 e. The Balaban J connectivity index is 2.30. The molecule has 0 atom stereocenters. The van der Waals surface area contributed by atoms with Crippen LogP contribution in [0.15, 0.2) is 15.6 Å². The summed E-state index contributed by atoms with van der Waals surface area (Å²) in [5.74, 6) is 0.908. The molecule has 0 aliphatic carbocycles. The molecular weight excluding hydrogens is 267 g/mol. The van der Waals surface area contributed by atoms with Crippen molar-refractivity contribution in [2.75, 3.05) is 0 Å². The lowest BCUT2D eigenvalue weighted by molar-refractivity contribution is 0.364. The second-order valence-electron chi connectivity index (χ2n) is 3.24. The molecule has 0 N–H and O–H groups in total. The highest BCUT2D eigenvalue weighted by molar-refractivity contribution is 6.40. The lowest BCUT2D eigenvalue weighted by Crippen LogP contribution is -2.21. The van der Waals surface area contributed by atoms with Crippen LogP contribution in [0.5, 0.6) is 0 Å². The van der Waals surface area contributed by atoms with Crippen LogP contribution in [0.25, 0.3) is 0 Å². The summed E-state index contributed by atoms with van der Waals surface area (Å²) in [5.41, 5.74) is -0.442. The van der Waals surface area contributed by atoms with Crippen molar-refractivity contribution in [3.05, 3.63) is 38.6 Å². The van der Waals surface area contributed by atoms with Gasteiger partial charge >= 0.3 is 0 Å². The molecule has 0 saturated heterocycles. The summed E-state index contributed by atoms with van der Waals surface area (Å²) in [6.45, 7) is 2.03. The van der Waals surface area contributed by atoms with Crippen LogP contribution in [0, 0.1) is 0 Å². The smallest absolute Gasteiger partial charge is 0.274 e. The van der Waals surface area contributed by atoms with E-state index in [0.29, 0.717) is 18.1 Å². The molecule has 0 spiro atoms. The van der Waals surface area contributed by atoms with E-state index in [0.717, 1.165) is 0 Å². The number of hydrogen-bond donors (Lipinski definition) is 0. The first-order valence-electron chi connectivity index (χ1n) is 4.83. The zero-order valence-corrected chi connectivity index (χ0v) is 10.4. The Kier molecular flexibility index (Phi) is 3.44. The van der Waals surface area contributed by atoms with Crippen LogP contribution in [0.3, 0.4) is 0 Å². The average molecular weight is 275 g/mol. The molecule has 0 aliphatic heterocycles. The number of aromatic nitrogens is 4. The highest BCUT2D eigenvalue weighted by Gasteiger charge is 2.11. The van der Waals surface area contributed by atoms with Crippen molar-refractivity contribution in [1.82, 2.24) is 19.7 Å². The van der Waals surface area contributed by atoms with Crippen molar-refractivity contribution in [3.63, 3.8) is 0 Å². The van der Waals surface area contributed by atoms with Crippen LogP contribution in [0.1, 0.15) is 18.6 Å². The van der Waals surface area contributed by atoms with E-state index < -0.39 is 5.56 Å². The van der Waals surface area contributed by atoms with Crippen LogP contribution in [-0.2, 0) is 13.0 Å². The van der Waals surface area contributed by atoms with Gasteiger partial charge in [0, 0.05) is 6.42 Å². The van der Waals surface area contributed by atoms with E-state index in [4.69, 9.17) is 27.7 Å². The molecular formula is C9H8Cl2N4O2. The lowest BCUT2D eigenvalue weighted by Gasteiger charge is -2.01. The predicted octanol–water partition coefficient (Wildman–Crippen LogP) is 1.54. The summed E-state index contributed by atoms with van der Waals surface area (Å²) in [6, 6.07) is 0. The van der Waals surface area contributed by atoms with Gasteiger partial charge in [-0.1, -0.05) is 35.3 Å². The molecule has 2 aromatic heterocycles. The summed E-state index contributed by atoms with van der Waals surface area (Å²) < 4.78 is 6.21. The lowest BCUT2D eigenvalue weighted by atomic mass is 10.5. The molecule has 0 unspecified atom stereocenters. The molecule has 0 aliphatic rings. The molecule has 17 heavy (non-hydrogen) atoms. The van der Waals surface area contributed by atoms with Crippen LogP contribution < -0.4 is 5.56 Å². The number of halogens is 2. The zero-order chi connectivity index (χ0) is 12.4. The van der Waals surface area contributed by atoms with Crippen molar-refractivity contribution in [1.29, 1.82) is 0 Å². The Labute approximate surface area is 106 Å². The van der Waals surface area contributed by atoms with Gasteiger partial charge in [0.15, 0.2) is 11.0 Å². The first-order chi connectivity index (χ1) is 8.11. The SMILES string of the molecule is CCc1noc(Cn2cnc(Cl)c(Cl)c2=O)n1. The summed E-state index contributed by atoms with van der Waals surface area (Å²) in [7, 11) is 0. The minimum absolute atomic E-state index is 0.0207. The monoisotopic (exact) mass is 274 g/mol. The Hall–Kier alpha value is -1.40. The third-order valence-electron chi connectivity index (χ3n) is 2.07. The molecule has 8 heteroatoms. The number of rotatable bonds is 3. The molecule has 0 fully saturated rings. The molecule has 2 aromatic rings. The van der Waals surface area contributed by atoms with Gasteiger partial charge in [-0.05, 0) is 0 Å². The standard InChI is InChI=1S/C9H8Cl2N4O2/c1-2-5-13-6(17-14-5)3-15-4-12-8(11)7(10)9(15)16/h4H,2-3H2,1H3. The van der Waals surface area contributed by atoms with E-state index in [1.807, 2.05) is 6.92 Å². The van der Waals surface area contributed by atoms with Crippen molar-refractivity contribution in [3.8, 4) is 0 Å². The van der Waals surface area contributed by atoms with Gasteiger partial charge in [0.25, 0.3) is 5.56 Å². The third kappa shape index (κ3) is 2.48. The average Bonchev–Trinajstić information content (AvgIpc) is 2.78. The van der Waals surface area contributed by atoms with Crippen LogP contribution in [-0.4, -0.2) is 19.7 Å². The van der Waals surface area contributed by atoms with E-state index in [2.05, 4.69) is 15.1 Å². The Morgan fingerprint density at radius 1 is 1.47 bits per heavy atom. The Morgan fingerprint density at radius 2 is 2.24 bits per heavy atom. The number of hydrogen-bond acceptors (Lipinski definition) is 5. The molecule has 0 saturated carbocycles. The normalized spacial score (nSPS) is 10.8. The van der Waals surface area contributed by atoms with E-state index in [1.54, 1.807) is 0 Å². The zero-order valence-electron chi connectivity index (χ0n) is 8.85. The molecule has 2 rings (SSSR count). The van der Waals surface area contributed by atoms with Crippen molar-refractivity contribution in [2.45, 2.75) is 19.9 Å². The molecule has 6 nitrogen and oxygen atoms in total. The largest absolute Gasteiger partial charge is 0.337 e. The van der Waals surface area contributed by atoms with Gasteiger partial charge < -0.3 is 4.52 Å². The highest BCUT2D eigenvalue weighted by Crippen LogP contribution is 2.12. The number of nitrogens with zero attached hydrogens (tertiary/aromatic N) is 4.